The van der Waals surface area contributed by atoms with Crippen LogP contribution in [0.4, 0.5) is 0 Å². The Morgan fingerprint density at radius 3 is 3.11 bits per heavy atom. The van der Waals surface area contributed by atoms with Crippen LogP contribution in [-0.2, 0) is 0 Å². The molecule has 0 aromatic rings. The zero-order valence-electron chi connectivity index (χ0n) is 5.47. The highest BCUT2D eigenvalue weighted by atomic mass is 79.9. The van der Waals surface area contributed by atoms with E-state index in [-0.39, 0.29) is 0 Å². The standard InChI is InChI=1S/C6H11BrN2/c1-2-9-4-3-8-5-6(9)7/h3-4,6,8H,2,5H2,1H3. The maximum absolute atomic E-state index is 3.53. The van der Waals surface area contributed by atoms with Gasteiger partial charge in [0.15, 0.2) is 0 Å². The van der Waals surface area contributed by atoms with Crippen molar-refractivity contribution in [1.82, 2.24) is 10.2 Å². The first-order valence-corrected chi connectivity index (χ1v) is 4.06. The maximum Gasteiger partial charge on any atom is 0.101 e. The van der Waals surface area contributed by atoms with E-state index in [1.807, 2.05) is 6.20 Å². The molecule has 9 heavy (non-hydrogen) atoms. The van der Waals surface area contributed by atoms with Gasteiger partial charge in [0.05, 0.1) is 0 Å². The average molecular weight is 191 g/mol. The molecule has 0 amide bonds. The molecule has 0 aliphatic carbocycles. The van der Waals surface area contributed by atoms with Crippen LogP contribution in [0.3, 0.4) is 0 Å². The molecule has 0 saturated heterocycles. The van der Waals surface area contributed by atoms with Crippen LogP contribution in [-0.4, -0.2) is 22.9 Å². The predicted octanol–water partition coefficient (Wildman–Crippen LogP) is 1.10. The lowest BCUT2D eigenvalue weighted by Crippen LogP contribution is -2.37. The third-order valence-corrected chi connectivity index (χ3v) is 2.24. The van der Waals surface area contributed by atoms with E-state index in [1.165, 1.54) is 0 Å². The molecule has 0 radical (unpaired) electrons. The van der Waals surface area contributed by atoms with Crippen LogP contribution in [0, 0.1) is 0 Å². The molecule has 1 aliphatic heterocycles. The van der Waals surface area contributed by atoms with Gasteiger partial charge in [0, 0.05) is 25.5 Å². The second-order valence-electron chi connectivity index (χ2n) is 1.99. The van der Waals surface area contributed by atoms with Crippen LogP contribution >= 0.6 is 15.9 Å². The van der Waals surface area contributed by atoms with Crippen molar-refractivity contribution < 1.29 is 0 Å². The summed E-state index contributed by atoms with van der Waals surface area (Å²) < 4.78 is 0. The third-order valence-electron chi connectivity index (χ3n) is 1.40. The molecule has 1 heterocycles. The summed E-state index contributed by atoms with van der Waals surface area (Å²) in [5, 5.41) is 3.13. The fourth-order valence-corrected chi connectivity index (χ4v) is 1.44. The van der Waals surface area contributed by atoms with E-state index in [9.17, 15) is 0 Å². The smallest absolute Gasteiger partial charge is 0.101 e. The first-order chi connectivity index (χ1) is 4.34. The van der Waals surface area contributed by atoms with E-state index in [4.69, 9.17) is 0 Å². The molecule has 1 N–H and O–H groups in total. The number of halogens is 1. The molecule has 0 spiro atoms. The number of likely N-dealkylation sites (N-methyl/N-ethyl adjacent to an activating group) is 1. The van der Waals surface area contributed by atoms with Crippen LogP contribution in [0.15, 0.2) is 12.4 Å². The molecular weight excluding hydrogens is 180 g/mol. The van der Waals surface area contributed by atoms with Crippen molar-refractivity contribution in [2.75, 3.05) is 13.1 Å². The van der Waals surface area contributed by atoms with Gasteiger partial charge in [0.1, 0.15) is 4.95 Å². The number of hydrogen-bond acceptors (Lipinski definition) is 2. The highest BCUT2D eigenvalue weighted by Crippen LogP contribution is 2.08. The Labute approximate surface area is 64.0 Å². The Hall–Kier alpha value is -0.180. The van der Waals surface area contributed by atoms with Crippen LogP contribution in [0.1, 0.15) is 6.92 Å². The van der Waals surface area contributed by atoms with E-state index in [2.05, 4.69) is 39.3 Å². The molecule has 3 heteroatoms. The SMILES string of the molecule is CCN1C=CNCC1Br. The monoisotopic (exact) mass is 190 g/mol. The summed E-state index contributed by atoms with van der Waals surface area (Å²) in [6.45, 7) is 4.20. The lowest BCUT2D eigenvalue weighted by molar-refractivity contribution is 0.355. The Bertz CT molecular complexity index is 114. The Kier molecular flexibility index (Phi) is 2.39. The van der Waals surface area contributed by atoms with Gasteiger partial charge in [-0.15, -0.1) is 0 Å². The second-order valence-corrected chi connectivity index (χ2v) is 3.05. The van der Waals surface area contributed by atoms with E-state index in [0.717, 1.165) is 13.1 Å². The number of nitrogens with zero attached hydrogens (tertiary/aromatic N) is 1. The summed E-state index contributed by atoms with van der Waals surface area (Å²) in [7, 11) is 0. The first-order valence-electron chi connectivity index (χ1n) is 3.14. The molecule has 0 aromatic carbocycles. The zero-order valence-corrected chi connectivity index (χ0v) is 7.06. The molecule has 0 bridgehead atoms. The summed E-state index contributed by atoms with van der Waals surface area (Å²) in [5.41, 5.74) is 0. The molecular formula is C6H11BrN2. The summed E-state index contributed by atoms with van der Waals surface area (Å²) in [6, 6.07) is 0. The Morgan fingerprint density at radius 1 is 1.89 bits per heavy atom. The fourth-order valence-electron chi connectivity index (χ4n) is 0.828. The lowest BCUT2D eigenvalue weighted by atomic mass is 10.4. The molecule has 2 nitrogen and oxygen atoms in total. The molecule has 0 saturated carbocycles. The Balaban J connectivity index is 2.46. The number of nitrogens with one attached hydrogen (secondary N) is 1. The molecule has 1 unspecified atom stereocenters. The third kappa shape index (κ3) is 1.61. The van der Waals surface area contributed by atoms with Crippen molar-refractivity contribution in [2.45, 2.75) is 11.9 Å². The molecule has 1 atom stereocenters. The van der Waals surface area contributed by atoms with Gasteiger partial charge >= 0.3 is 0 Å². The highest BCUT2D eigenvalue weighted by Gasteiger charge is 2.10. The Morgan fingerprint density at radius 2 is 2.67 bits per heavy atom. The maximum atomic E-state index is 3.53. The van der Waals surface area contributed by atoms with Crippen molar-refractivity contribution >= 4 is 15.9 Å². The molecule has 0 aromatic heterocycles. The summed E-state index contributed by atoms with van der Waals surface area (Å²) in [6.07, 6.45) is 4.03. The normalized spacial score (nSPS) is 26.0. The quantitative estimate of drug-likeness (QED) is 0.493. The average Bonchev–Trinajstić information content (AvgIpc) is 1.89. The minimum Gasteiger partial charge on any atom is -0.387 e. The van der Waals surface area contributed by atoms with Crippen LogP contribution in [0.5, 0.6) is 0 Å². The second kappa shape index (κ2) is 3.11. The van der Waals surface area contributed by atoms with Gasteiger partial charge in [-0.25, -0.2) is 0 Å². The van der Waals surface area contributed by atoms with Gasteiger partial charge in [-0.2, -0.15) is 0 Å². The van der Waals surface area contributed by atoms with Crippen molar-refractivity contribution in [3.63, 3.8) is 0 Å². The van der Waals surface area contributed by atoms with Crippen LogP contribution in [0.2, 0.25) is 0 Å². The number of alkyl halides is 1. The lowest BCUT2D eigenvalue weighted by Gasteiger charge is -2.28. The van der Waals surface area contributed by atoms with Gasteiger partial charge in [-0.3, -0.25) is 0 Å². The van der Waals surface area contributed by atoms with Crippen molar-refractivity contribution in [3.05, 3.63) is 12.4 Å². The molecule has 0 fully saturated rings. The van der Waals surface area contributed by atoms with E-state index in [1.54, 1.807) is 0 Å². The molecule has 52 valence electrons. The van der Waals surface area contributed by atoms with E-state index in [0.29, 0.717) is 4.95 Å². The minimum absolute atomic E-state index is 0.465. The van der Waals surface area contributed by atoms with Gasteiger partial charge in [-0.1, -0.05) is 15.9 Å². The molecule has 1 rings (SSSR count). The predicted molar refractivity (Wildman–Crippen MR) is 42.2 cm³/mol. The van der Waals surface area contributed by atoms with Crippen LogP contribution in [0.25, 0.3) is 0 Å². The van der Waals surface area contributed by atoms with Crippen molar-refractivity contribution in [1.29, 1.82) is 0 Å². The van der Waals surface area contributed by atoms with Gasteiger partial charge in [0.25, 0.3) is 0 Å². The zero-order chi connectivity index (χ0) is 6.69. The summed E-state index contributed by atoms with van der Waals surface area (Å²) in [4.78, 5) is 2.70. The first kappa shape index (κ1) is 6.93. The summed E-state index contributed by atoms with van der Waals surface area (Å²) in [5.74, 6) is 0. The van der Waals surface area contributed by atoms with Crippen LogP contribution < -0.4 is 5.32 Å². The van der Waals surface area contributed by atoms with Crippen molar-refractivity contribution in [2.24, 2.45) is 0 Å². The van der Waals surface area contributed by atoms with Gasteiger partial charge < -0.3 is 10.2 Å². The van der Waals surface area contributed by atoms with Gasteiger partial charge in [0.2, 0.25) is 0 Å². The number of hydrogen-bond donors (Lipinski definition) is 1. The largest absolute Gasteiger partial charge is 0.387 e. The van der Waals surface area contributed by atoms with E-state index >= 15 is 0 Å². The minimum atomic E-state index is 0.465. The summed E-state index contributed by atoms with van der Waals surface area (Å²) >= 11 is 3.53. The van der Waals surface area contributed by atoms with Gasteiger partial charge in [-0.05, 0) is 6.92 Å². The fraction of sp³-hybridized carbons (Fsp3) is 0.667. The van der Waals surface area contributed by atoms with E-state index < -0.39 is 0 Å². The number of rotatable bonds is 1. The topological polar surface area (TPSA) is 15.3 Å². The van der Waals surface area contributed by atoms with Crippen molar-refractivity contribution in [3.8, 4) is 0 Å². The highest BCUT2D eigenvalue weighted by molar-refractivity contribution is 9.09. The molecule has 1 aliphatic rings.